The van der Waals surface area contributed by atoms with Gasteiger partial charge in [-0.05, 0) is 0 Å². The lowest BCUT2D eigenvalue weighted by molar-refractivity contribution is 0.102. The molecule has 0 N–H and O–H groups in total. The molecule has 0 bridgehead atoms. The summed E-state index contributed by atoms with van der Waals surface area (Å²) in [5.41, 5.74) is 0.847. The molecule has 0 spiro atoms. The van der Waals surface area contributed by atoms with Crippen LogP contribution in [0.2, 0.25) is 5.02 Å². The molecule has 0 saturated carbocycles. The van der Waals surface area contributed by atoms with Crippen molar-refractivity contribution in [3.05, 3.63) is 34.9 Å². The van der Waals surface area contributed by atoms with E-state index in [2.05, 4.69) is 10.2 Å². The summed E-state index contributed by atoms with van der Waals surface area (Å²) >= 11 is 6.00. The van der Waals surface area contributed by atoms with Crippen molar-refractivity contribution in [3.63, 3.8) is 0 Å². The van der Waals surface area contributed by atoms with Crippen molar-refractivity contribution in [2.75, 3.05) is 13.7 Å². The van der Waals surface area contributed by atoms with Gasteiger partial charge in [-0.15, -0.1) is 0 Å². The molecule has 2 heterocycles. The number of ketones is 1. The summed E-state index contributed by atoms with van der Waals surface area (Å²) < 4.78 is 8.08. The summed E-state index contributed by atoms with van der Waals surface area (Å²) in [7, 11) is 3.34. The molecule has 0 fully saturated rings. The fourth-order valence-corrected chi connectivity index (χ4v) is 1.84. The smallest absolute Gasteiger partial charge is 0.215 e. The number of methoxy groups -OCH3 is 1. The first-order chi connectivity index (χ1) is 8.63. The first-order valence-corrected chi connectivity index (χ1v) is 5.75. The van der Waals surface area contributed by atoms with Crippen LogP contribution in [-0.2, 0) is 18.3 Å². The second kappa shape index (κ2) is 5.32. The molecular weight excluding hydrogens is 256 g/mol. The van der Waals surface area contributed by atoms with Crippen LogP contribution in [0.1, 0.15) is 16.1 Å². The van der Waals surface area contributed by atoms with Gasteiger partial charge in [0.25, 0.3) is 0 Å². The Morgan fingerprint density at radius 3 is 2.83 bits per heavy atom. The molecule has 0 aliphatic carbocycles. The lowest BCUT2D eigenvalue weighted by atomic mass is 10.2. The van der Waals surface area contributed by atoms with Crippen LogP contribution in [0.5, 0.6) is 0 Å². The largest absolute Gasteiger partial charge is 0.383 e. The van der Waals surface area contributed by atoms with Crippen molar-refractivity contribution >= 4 is 17.4 Å². The van der Waals surface area contributed by atoms with Gasteiger partial charge in [0.15, 0.2) is 0 Å². The van der Waals surface area contributed by atoms with E-state index in [1.807, 2.05) is 0 Å². The van der Waals surface area contributed by atoms with Crippen molar-refractivity contribution in [2.45, 2.75) is 6.54 Å². The van der Waals surface area contributed by atoms with Crippen molar-refractivity contribution in [3.8, 4) is 0 Å². The zero-order valence-electron chi connectivity index (χ0n) is 10.1. The number of aromatic nitrogens is 4. The van der Waals surface area contributed by atoms with Gasteiger partial charge in [0.1, 0.15) is 5.69 Å². The average molecular weight is 269 g/mol. The van der Waals surface area contributed by atoms with Crippen LogP contribution in [0.15, 0.2) is 18.6 Å². The highest BCUT2D eigenvalue weighted by Crippen LogP contribution is 2.19. The van der Waals surface area contributed by atoms with E-state index >= 15 is 0 Å². The maximum atomic E-state index is 12.3. The highest BCUT2D eigenvalue weighted by atomic mass is 35.5. The predicted octanol–water partition coefficient (Wildman–Crippen LogP) is 1.15. The van der Waals surface area contributed by atoms with Gasteiger partial charge in [-0.1, -0.05) is 11.6 Å². The number of hydrogen-bond donors (Lipinski definition) is 0. The highest BCUT2D eigenvalue weighted by molar-refractivity contribution is 6.34. The lowest BCUT2D eigenvalue weighted by Crippen LogP contribution is -2.14. The Hall–Kier alpha value is -1.66. The van der Waals surface area contributed by atoms with Crippen molar-refractivity contribution in [2.24, 2.45) is 7.05 Å². The monoisotopic (exact) mass is 268 g/mol. The van der Waals surface area contributed by atoms with E-state index in [-0.39, 0.29) is 5.78 Å². The fraction of sp³-hybridized carbons (Fsp3) is 0.364. The first-order valence-electron chi connectivity index (χ1n) is 5.37. The first kappa shape index (κ1) is 12.8. The molecule has 0 radical (unpaired) electrons. The summed E-state index contributed by atoms with van der Waals surface area (Å²) in [5, 5.41) is 8.36. The number of nitrogens with zero attached hydrogens (tertiary/aromatic N) is 4. The third-order valence-electron chi connectivity index (χ3n) is 2.48. The summed E-state index contributed by atoms with van der Waals surface area (Å²) in [6, 6.07) is 0. The Bertz CT molecular complexity index is 561. The average Bonchev–Trinajstić information content (AvgIpc) is 2.92. The minimum atomic E-state index is -0.193. The van der Waals surface area contributed by atoms with Crippen LogP contribution in [0.3, 0.4) is 0 Å². The number of carbonyl (C=O) groups is 1. The highest BCUT2D eigenvalue weighted by Gasteiger charge is 2.20. The van der Waals surface area contributed by atoms with Gasteiger partial charge in [0.05, 0.1) is 36.1 Å². The van der Waals surface area contributed by atoms with Crippen LogP contribution >= 0.6 is 11.6 Å². The van der Waals surface area contributed by atoms with E-state index in [0.29, 0.717) is 29.4 Å². The minimum absolute atomic E-state index is 0.193. The Kier molecular flexibility index (Phi) is 3.78. The van der Waals surface area contributed by atoms with E-state index in [1.165, 1.54) is 12.4 Å². The van der Waals surface area contributed by atoms with Gasteiger partial charge in [-0.2, -0.15) is 10.2 Å². The second-order valence-electron chi connectivity index (χ2n) is 3.79. The Balaban J connectivity index is 2.32. The van der Waals surface area contributed by atoms with Gasteiger partial charge in [-0.25, -0.2) is 0 Å². The molecule has 2 rings (SSSR count). The number of carbonyl (C=O) groups excluding carboxylic acids is 1. The molecule has 0 aromatic carbocycles. The van der Waals surface area contributed by atoms with Gasteiger partial charge in [0.2, 0.25) is 5.78 Å². The van der Waals surface area contributed by atoms with Crippen LogP contribution < -0.4 is 0 Å². The summed E-state index contributed by atoms with van der Waals surface area (Å²) in [6.45, 7) is 0.940. The number of ether oxygens (including phenoxy) is 1. The molecule has 0 unspecified atom stereocenters. The molecular formula is C11H13ClN4O2. The van der Waals surface area contributed by atoms with Crippen LogP contribution in [0, 0.1) is 0 Å². The quantitative estimate of drug-likeness (QED) is 0.763. The summed E-state index contributed by atoms with van der Waals surface area (Å²) in [4.78, 5) is 12.3. The third-order valence-corrected chi connectivity index (χ3v) is 2.76. The Morgan fingerprint density at radius 2 is 2.22 bits per heavy atom. The topological polar surface area (TPSA) is 61.9 Å². The van der Waals surface area contributed by atoms with Crippen LogP contribution in [-0.4, -0.2) is 39.1 Å². The molecule has 7 heteroatoms. The van der Waals surface area contributed by atoms with E-state index in [4.69, 9.17) is 16.3 Å². The predicted molar refractivity (Wildman–Crippen MR) is 65.8 cm³/mol. The molecule has 0 saturated heterocycles. The Labute approximate surface area is 109 Å². The third kappa shape index (κ3) is 2.44. The van der Waals surface area contributed by atoms with Crippen molar-refractivity contribution in [1.29, 1.82) is 0 Å². The number of aryl methyl sites for hydroxylation is 1. The molecule has 6 nitrogen and oxygen atoms in total. The molecule has 2 aromatic rings. The van der Waals surface area contributed by atoms with E-state index in [0.717, 1.165) is 0 Å². The van der Waals surface area contributed by atoms with Crippen molar-refractivity contribution < 1.29 is 9.53 Å². The van der Waals surface area contributed by atoms with E-state index in [9.17, 15) is 4.79 Å². The van der Waals surface area contributed by atoms with Gasteiger partial charge in [0, 0.05) is 20.4 Å². The zero-order valence-corrected chi connectivity index (χ0v) is 10.9. The molecule has 18 heavy (non-hydrogen) atoms. The standard InChI is InChI=1S/C11H13ClN4O2/c1-15-7-8(5-13-15)11(17)10-9(12)6-14-16(10)3-4-18-2/h5-7H,3-4H2,1-2H3. The number of rotatable bonds is 5. The molecule has 96 valence electrons. The molecule has 2 aromatic heterocycles. The normalized spacial score (nSPS) is 10.8. The van der Waals surface area contributed by atoms with E-state index < -0.39 is 0 Å². The van der Waals surface area contributed by atoms with Gasteiger partial charge < -0.3 is 4.74 Å². The van der Waals surface area contributed by atoms with Gasteiger partial charge in [-0.3, -0.25) is 14.2 Å². The molecule has 0 atom stereocenters. The second-order valence-corrected chi connectivity index (χ2v) is 4.20. The number of hydrogen-bond acceptors (Lipinski definition) is 4. The minimum Gasteiger partial charge on any atom is -0.383 e. The fourth-order valence-electron chi connectivity index (χ4n) is 1.61. The maximum absolute atomic E-state index is 12.3. The zero-order chi connectivity index (χ0) is 13.1. The van der Waals surface area contributed by atoms with Gasteiger partial charge >= 0.3 is 0 Å². The molecule has 0 amide bonds. The maximum Gasteiger partial charge on any atom is 0.215 e. The van der Waals surface area contributed by atoms with Crippen LogP contribution in [0.25, 0.3) is 0 Å². The summed E-state index contributed by atoms with van der Waals surface area (Å²) in [6.07, 6.45) is 4.61. The summed E-state index contributed by atoms with van der Waals surface area (Å²) in [5.74, 6) is -0.193. The lowest BCUT2D eigenvalue weighted by Gasteiger charge is -2.05. The molecule has 0 aliphatic heterocycles. The van der Waals surface area contributed by atoms with Crippen LogP contribution in [0.4, 0.5) is 0 Å². The SMILES string of the molecule is COCCn1ncc(Cl)c1C(=O)c1cnn(C)c1. The molecule has 0 aliphatic rings. The number of halogens is 1. The van der Waals surface area contributed by atoms with E-state index in [1.54, 1.807) is 29.7 Å². The van der Waals surface area contributed by atoms with Crippen molar-refractivity contribution in [1.82, 2.24) is 19.6 Å². The Morgan fingerprint density at radius 1 is 1.44 bits per heavy atom.